The minimum atomic E-state index is -0.388. The summed E-state index contributed by atoms with van der Waals surface area (Å²) in [7, 11) is 0. The molecular weight excluding hydrogens is 336 g/mol. The Kier molecular flexibility index (Phi) is 4.06. The highest BCUT2D eigenvalue weighted by Gasteiger charge is 2.13. The Balaban J connectivity index is 1.59. The van der Waals surface area contributed by atoms with Crippen LogP contribution in [0.5, 0.6) is 11.5 Å². The number of fused-ring (bicyclic) bond motifs is 2. The van der Waals surface area contributed by atoms with Gasteiger partial charge in [0.2, 0.25) is 0 Å². The molecule has 130 valence electrons. The van der Waals surface area contributed by atoms with E-state index in [4.69, 9.17) is 9.47 Å². The summed E-state index contributed by atoms with van der Waals surface area (Å²) in [6.07, 6.45) is 4.33. The van der Waals surface area contributed by atoms with Crippen LogP contribution in [0.25, 0.3) is 10.9 Å². The number of hydrogen-bond acceptors (Lipinski definition) is 6. The van der Waals surface area contributed by atoms with Crippen LogP contribution in [0.1, 0.15) is 15.9 Å². The van der Waals surface area contributed by atoms with Crippen LogP contribution >= 0.6 is 0 Å². The average molecular weight is 350 g/mol. The molecule has 3 heterocycles. The third kappa shape index (κ3) is 3.12. The fourth-order valence-corrected chi connectivity index (χ4v) is 2.58. The van der Waals surface area contributed by atoms with Crippen molar-refractivity contribution in [1.29, 1.82) is 0 Å². The lowest BCUT2D eigenvalue weighted by Gasteiger charge is -2.18. The molecule has 1 aliphatic rings. The molecule has 0 unspecified atom stereocenters. The number of nitrogens with zero attached hydrogens (tertiary/aromatic N) is 2. The van der Waals surface area contributed by atoms with E-state index in [2.05, 4.69) is 20.5 Å². The predicted octanol–water partition coefficient (Wildman–Crippen LogP) is 1.46. The zero-order valence-electron chi connectivity index (χ0n) is 13.6. The maximum Gasteiger partial charge on any atom is 0.271 e. The third-order valence-corrected chi connectivity index (χ3v) is 3.85. The van der Waals surface area contributed by atoms with Gasteiger partial charge in [-0.25, -0.2) is 5.43 Å². The molecule has 2 N–H and O–H groups in total. The summed E-state index contributed by atoms with van der Waals surface area (Å²) in [6.45, 7) is 0.960. The largest absolute Gasteiger partial charge is 0.486 e. The Morgan fingerprint density at radius 1 is 1.15 bits per heavy atom. The maximum absolute atomic E-state index is 12.2. The van der Waals surface area contributed by atoms with E-state index in [0.29, 0.717) is 41.4 Å². The van der Waals surface area contributed by atoms with Gasteiger partial charge in [0.05, 0.1) is 17.3 Å². The number of H-pyrrole nitrogens is 1. The van der Waals surface area contributed by atoms with E-state index in [1.165, 1.54) is 18.6 Å². The Labute approximate surface area is 147 Å². The second-order valence-electron chi connectivity index (χ2n) is 5.57. The van der Waals surface area contributed by atoms with Gasteiger partial charge < -0.3 is 14.5 Å². The fourth-order valence-electron chi connectivity index (χ4n) is 2.58. The number of hydrazone groups is 1. The molecule has 0 atom stereocenters. The van der Waals surface area contributed by atoms with Crippen LogP contribution in [-0.2, 0) is 0 Å². The monoisotopic (exact) mass is 350 g/mol. The predicted molar refractivity (Wildman–Crippen MR) is 94.9 cm³/mol. The SMILES string of the molecule is O=C(N/N=C\c1cc2cc3c(cc2[nH]c1=O)OCCO3)c1ccncc1. The number of aromatic amines is 1. The van der Waals surface area contributed by atoms with E-state index >= 15 is 0 Å². The van der Waals surface area contributed by atoms with Gasteiger partial charge in [0.25, 0.3) is 11.5 Å². The summed E-state index contributed by atoms with van der Waals surface area (Å²) in [6, 6.07) is 8.34. The third-order valence-electron chi connectivity index (χ3n) is 3.85. The molecule has 0 aliphatic carbocycles. The van der Waals surface area contributed by atoms with Crippen molar-refractivity contribution in [3.05, 3.63) is 64.2 Å². The molecule has 0 saturated heterocycles. The average Bonchev–Trinajstić information content (AvgIpc) is 2.67. The van der Waals surface area contributed by atoms with E-state index in [0.717, 1.165) is 5.39 Å². The van der Waals surface area contributed by atoms with Gasteiger partial charge in [0.1, 0.15) is 13.2 Å². The zero-order chi connectivity index (χ0) is 17.9. The second-order valence-corrected chi connectivity index (χ2v) is 5.57. The maximum atomic E-state index is 12.2. The number of carbonyl (C=O) groups excluding carboxylic acids is 1. The molecule has 0 saturated carbocycles. The van der Waals surface area contributed by atoms with Crippen molar-refractivity contribution in [3.63, 3.8) is 0 Å². The van der Waals surface area contributed by atoms with Gasteiger partial charge in [-0.05, 0) is 24.3 Å². The minimum absolute atomic E-state index is 0.309. The number of ether oxygens (including phenoxy) is 2. The van der Waals surface area contributed by atoms with Crippen LogP contribution in [0, 0.1) is 0 Å². The highest BCUT2D eigenvalue weighted by molar-refractivity contribution is 5.95. The summed E-state index contributed by atoms with van der Waals surface area (Å²) in [5, 5.41) is 4.63. The summed E-state index contributed by atoms with van der Waals surface area (Å²) < 4.78 is 11.1. The lowest BCUT2D eigenvalue weighted by atomic mass is 10.1. The molecular formula is C18H14N4O4. The first-order chi connectivity index (χ1) is 12.7. The number of benzene rings is 1. The molecule has 3 aromatic rings. The standard InChI is InChI=1S/C18H14N4O4/c23-17-13(10-20-22-18(24)11-1-3-19-4-2-11)7-12-8-15-16(9-14(12)21-17)26-6-5-25-15/h1-4,7-10H,5-6H2,(H,21,23)(H,22,24)/b20-10-. The molecule has 1 aromatic carbocycles. The van der Waals surface area contributed by atoms with Gasteiger partial charge in [-0.15, -0.1) is 0 Å². The molecule has 1 aliphatic heterocycles. The van der Waals surface area contributed by atoms with E-state index in [9.17, 15) is 9.59 Å². The summed E-state index contributed by atoms with van der Waals surface area (Å²) in [4.78, 5) is 30.7. The molecule has 8 nitrogen and oxygen atoms in total. The highest BCUT2D eigenvalue weighted by atomic mass is 16.6. The minimum Gasteiger partial charge on any atom is -0.486 e. The van der Waals surface area contributed by atoms with Gasteiger partial charge in [-0.3, -0.25) is 14.6 Å². The fraction of sp³-hybridized carbons (Fsp3) is 0.111. The number of aromatic nitrogens is 2. The van der Waals surface area contributed by atoms with Gasteiger partial charge >= 0.3 is 0 Å². The summed E-state index contributed by atoms with van der Waals surface area (Å²) >= 11 is 0. The highest BCUT2D eigenvalue weighted by Crippen LogP contribution is 2.33. The van der Waals surface area contributed by atoms with E-state index in [1.54, 1.807) is 30.3 Å². The van der Waals surface area contributed by atoms with Crippen LogP contribution in [0.4, 0.5) is 0 Å². The molecule has 0 spiro atoms. The topological polar surface area (TPSA) is 106 Å². The smallest absolute Gasteiger partial charge is 0.271 e. The molecule has 0 bridgehead atoms. The normalized spacial score (nSPS) is 13.1. The van der Waals surface area contributed by atoms with Crippen LogP contribution in [0.15, 0.2) is 52.6 Å². The van der Waals surface area contributed by atoms with Gasteiger partial charge in [0, 0.05) is 29.4 Å². The first-order valence-electron chi connectivity index (χ1n) is 7.91. The van der Waals surface area contributed by atoms with Crippen LogP contribution in [0.3, 0.4) is 0 Å². The van der Waals surface area contributed by atoms with Crippen molar-refractivity contribution < 1.29 is 14.3 Å². The quantitative estimate of drug-likeness (QED) is 0.549. The van der Waals surface area contributed by atoms with Crippen molar-refractivity contribution in [2.75, 3.05) is 13.2 Å². The number of nitrogens with one attached hydrogen (secondary N) is 2. The first-order valence-corrected chi connectivity index (χ1v) is 7.91. The van der Waals surface area contributed by atoms with E-state index < -0.39 is 0 Å². The molecule has 8 heteroatoms. The molecule has 0 fully saturated rings. The van der Waals surface area contributed by atoms with Crippen LogP contribution in [0.2, 0.25) is 0 Å². The molecule has 26 heavy (non-hydrogen) atoms. The summed E-state index contributed by atoms with van der Waals surface area (Å²) in [5.41, 5.74) is 3.43. The lowest BCUT2D eigenvalue weighted by molar-refractivity contribution is 0.0955. The number of carbonyl (C=O) groups is 1. The van der Waals surface area contributed by atoms with Gasteiger partial charge in [-0.1, -0.05) is 0 Å². The van der Waals surface area contributed by atoms with Crippen molar-refractivity contribution in [2.24, 2.45) is 5.10 Å². The van der Waals surface area contributed by atoms with Crippen molar-refractivity contribution >= 4 is 23.0 Å². The molecule has 2 aromatic heterocycles. The zero-order valence-corrected chi connectivity index (χ0v) is 13.6. The number of amides is 1. The number of rotatable bonds is 3. The van der Waals surface area contributed by atoms with Crippen LogP contribution in [-0.4, -0.2) is 35.3 Å². The summed E-state index contributed by atoms with van der Waals surface area (Å²) in [5.74, 6) is 0.843. The Bertz CT molecular complexity index is 1060. The van der Waals surface area contributed by atoms with Crippen molar-refractivity contribution in [2.45, 2.75) is 0 Å². The molecule has 1 amide bonds. The van der Waals surface area contributed by atoms with Crippen molar-refractivity contribution in [1.82, 2.24) is 15.4 Å². The van der Waals surface area contributed by atoms with Gasteiger partial charge in [-0.2, -0.15) is 5.10 Å². The molecule has 0 radical (unpaired) electrons. The van der Waals surface area contributed by atoms with E-state index in [-0.39, 0.29) is 11.5 Å². The number of pyridine rings is 2. The molecule has 4 rings (SSSR count). The van der Waals surface area contributed by atoms with Crippen molar-refractivity contribution in [3.8, 4) is 11.5 Å². The Morgan fingerprint density at radius 3 is 2.65 bits per heavy atom. The van der Waals surface area contributed by atoms with E-state index in [1.807, 2.05) is 0 Å². The lowest BCUT2D eigenvalue weighted by Crippen LogP contribution is -2.19. The van der Waals surface area contributed by atoms with Crippen LogP contribution < -0.4 is 20.5 Å². The Hall–Kier alpha value is -3.68. The second kappa shape index (κ2) is 6.67. The Morgan fingerprint density at radius 2 is 1.88 bits per heavy atom. The van der Waals surface area contributed by atoms with Gasteiger partial charge in [0.15, 0.2) is 11.5 Å². The number of hydrogen-bond donors (Lipinski definition) is 2. The first kappa shape index (κ1) is 15.8.